The van der Waals surface area contributed by atoms with Crippen LogP contribution in [0.4, 0.5) is 0 Å². The summed E-state index contributed by atoms with van der Waals surface area (Å²) in [6, 6.07) is 16.6. The second-order valence-corrected chi connectivity index (χ2v) is 6.95. The molecule has 4 aromatic rings. The smallest absolute Gasteiger partial charge is 0.312 e. The van der Waals surface area contributed by atoms with Crippen LogP contribution < -0.4 is 5.43 Å². The lowest BCUT2D eigenvalue weighted by molar-refractivity contribution is 0.0959. The number of benzene rings is 2. The lowest BCUT2D eigenvalue weighted by atomic mass is 10.2. The van der Waals surface area contributed by atoms with Crippen LogP contribution in [0.3, 0.4) is 0 Å². The van der Waals surface area contributed by atoms with Crippen molar-refractivity contribution < 1.29 is 14.3 Å². The van der Waals surface area contributed by atoms with Gasteiger partial charge in [-0.15, -0.1) is 11.3 Å². The van der Waals surface area contributed by atoms with Gasteiger partial charge < -0.3 is 9.52 Å². The Kier molecular flexibility index (Phi) is 4.62. The SMILES string of the molecule is O=C(N/N=C/c1nc(-c2ccccc2)oc1O)c1sc2ccccc2c1Cl. The maximum atomic E-state index is 12.3. The minimum absolute atomic E-state index is 0.108. The van der Waals surface area contributed by atoms with Crippen molar-refractivity contribution in [2.75, 3.05) is 0 Å². The molecule has 0 spiro atoms. The molecule has 134 valence electrons. The van der Waals surface area contributed by atoms with Gasteiger partial charge in [-0.05, 0) is 18.2 Å². The highest BCUT2D eigenvalue weighted by atomic mass is 35.5. The number of aromatic nitrogens is 1. The Morgan fingerprint density at radius 2 is 1.93 bits per heavy atom. The number of rotatable bonds is 4. The fraction of sp³-hybridized carbons (Fsp3) is 0. The summed E-state index contributed by atoms with van der Waals surface area (Å²) in [6.45, 7) is 0. The summed E-state index contributed by atoms with van der Waals surface area (Å²) in [5.74, 6) is -0.566. The summed E-state index contributed by atoms with van der Waals surface area (Å²) in [6.07, 6.45) is 1.21. The normalized spacial score (nSPS) is 11.3. The van der Waals surface area contributed by atoms with Gasteiger partial charge in [0.05, 0.1) is 11.2 Å². The number of nitrogens with one attached hydrogen (secondary N) is 1. The van der Waals surface area contributed by atoms with E-state index < -0.39 is 5.91 Å². The molecule has 0 unspecified atom stereocenters. The predicted molar refractivity (Wildman–Crippen MR) is 105 cm³/mol. The number of carbonyl (C=O) groups excluding carboxylic acids is 1. The van der Waals surface area contributed by atoms with E-state index in [0.717, 1.165) is 10.1 Å². The fourth-order valence-electron chi connectivity index (χ4n) is 2.48. The van der Waals surface area contributed by atoms with E-state index in [-0.39, 0.29) is 17.5 Å². The molecule has 0 saturated heterocycles. The van der Waals surface area contributed by atoms with Crippen LogP contribution in [-0.4, -0.2) is 22.2 Å². The van der Waals surface area contributed by atoms with E-state index in [0.29, 0.717) is 15.5 Å². The number of hydrogen-bond acceptors (Lipinski definition) is 6. The van der Waals surface area contributed by atoms with Gasteiger partial charge in [-0.2, -0.15) is 5.10 Å². The van der Waals surface area contributed by atoms with E-state index in [1.165, 1.54) is 17.6 Å². The molecule has 1 amide bonds. The number of oxazole rings is 1. The highest BCUT2D eigenvalue weighted by molar-refractivity contribution is 7.21. The van der Waals surface area contributed by atoms with Crippen LogP contribution in [0.25, 0.3) is 21.5 Å². The molecule has 0 aliphatic carbocycles. The quantitative estimate of drug-likeness (QED) is 0.386. The zero-order valence-corrected chi connectivity index (χ0v) is 15.3. The van der Waals surface area contributed by atoms with Crippen molar-refractivity contribution in [3.63, 3.8) is 0 Å². The molecule has 2 aromatic heterocycles. The fourth-order valence-corrected chi connectivity index (χ4v) is 3.88. The summed E-state index contributed by atoms with van der Waals surface area (Å²) in [5, 5.41) is 14.9. The molecule has 2 aromatic carbocycles. The molecule has 0 aliphatic heterocycles. The van der Waals surface area contributed by atoms with Crippen LogP contribution >= 0.6 is 22.9 Å². The van der Waals surface area contributed by atoms with Gasteiger partial charge in [-0.25, -0.2) is 10.4 Å². The van der Waals surface area contributed by atoms with E-state index in [1.807, 2.05) is 42.5 Å². The van der Waals surface area contributed by atoms with Gasteiger partial charge >= 0.3 is 5.95 Å². The number of carbonyl (C=O) groups is 1. The summed E-state index contributed by atoms with van der Waals surface area (Å²) in [5.41, 5.74) is 3.21. The second-order valence-electron chi connectivity index (χ2n) is 5.52. The van der Waals surface area contributed by atoms with Crippen LogP contribution in [0.2, 0.25) is 5.02 Å². The van der Waals surface area contributed by atoms with Gasteiger partial charge in [0.25, 0.3) is 5.91 Å². The number of fused-ring (bicyclic) bond motifs is 1. The van der Waals surface area contributed by atoms with Crippen LogP contribution in [0.15, 0.2) is 64.1 Å². The van der Waals surface area contributed by atoms with E-state index in [1.54, 1.807) is 12.1 Å². The maximum absolute atomic E-state index is 12.3. The van der Waals surface area contributed by atoms with Crippen molar-refractivity contribution in [1.29, 1.82) is 0 Å². The Labute approximate surface area is 162 Å². The molecule has 0 bridgehead atoms. The number of nitrogens with zero attached hydrogens (tertiary/aromatic N) is 2. The number of amides is 1. The molecule has 27 heavy (non-hydrogen) atoms. The molecule has 0 atom stereocenters. The molecule has 0 radical (unpaired) electrons. The maximum Gasteiger partial charge on any atom is 0.312 e. The van der Waals surface area contributed by atoms with Gasteiger partial charge in [-0.3, -0.25) is 4.79 Å². The lowest BCUT2D eigenvalue weighted by Gasteiger charge is -1.96. The Morgan fingerprint density at radius 3 is 2.70 bits per heavy atom. The average molecular weight is 398 g/mol. The summed E-state index contributed by atoms with van der Waals surface area (Å²) in [4.78, 5) is 16.9. The zero-order chi connectivity index (χ0) is 18.8. The molecular formula is C19H12ClN3O3S. The number of halogens is 1. The highest BCUT2D eigenvalue weighted by Crippen LogP contribution is 2.35. The van der Waals surface area contributed by atoms with Gasteiger partial charge in [-0.1, -0.05) is 48.0 Å². The Balaban J connectivity index is 1.51. The average Bonchev–Trinajstić information content (AvgIpc) is 3.23. The van der Waals surface area contributed by atoms with E-state index >= 15 is 0 Å². The minimum Gasteiger partial charge on any atom is -0.479 e. The van der Waals surface area contributed by atoms with Gasteiger partial charge in [0.1, 0.15) is 4.88 Å². The summed E-state index contributed by atoms with van der Waals surface area (Å²) in [7, 11) is 0. The number of hydrogen-bond donors (Lipinski definition) is 2. The lowest BCUT2D eigenvalue weighted by Crippen LogP contribution is -2.16. The third-order valence-electron chi connectivity index (χ3n) is 3.75. The van der Waals surface area contributed by atoms with Gasteiger partial charge in [0.2, 0.25) is 5.89 Å². The summed E-state index contributed by atoms with van der Waals surface area (Å²) < 4.78 is 6.14. The van der Waals surface area contributed by atoms with E-state index in [9.17, 15) is 9.90 Å². The molecule has 0 aliphatic rings. The van der Waals surface area contributed by atoms with Gasteiger partial charge in [0, 0.05) is 15.6 Å². The zero-order valence-electron chi connectivity index (χ0n) is 13.7. The number of aromatic hydroxyl groups is 1. The first kappa shape index (κ1) is 17.3. The first-order valence-corrected chi connectivity index (χ1v) is 9.08. The first-order chi connectivity index (χ1) is 13.1. The Morgan fingerprint density at radius 1 is 1.19 bits per heavy atom. The molecule has 2 heterocycles. The molecule has 6 nitrogen and oxygen atoms in total. The molecule has 8 heteroatoms. The number of thiophene rings is 1. The van der Waals surface area contributed by atoms with E-state index in [4.69, 9.17) is 16.0 Å². The largest absolute Gasteiger partial charge is 0.479 e. The van der Waals surface area contributed by atoms with Gasteiger partial charge in [0.15, 0.2) is 5.69 Å². The Hall–Kier alpha value is -3.16. The highest BCUT2D eigenvalue weighted by Gasteiger charge is 2.17. The van der Waals surface area contributed by atoms with Crippen molar-refractivity contribution in [3.05, 3.63) is 70.2 Å². The third-order valence-corrected chi connectivity index (χ3v) is 5.42. The molecular weight excluding hydrogens is 386 g/mol. The van der Waals surface area contributed by atoms with Crippen molar-refractivity contribution in [2.45, 2.75) is 0 Å². The van der Waals surface area contributed by atoms with Crippen LogP contribution in [-0.2, 0) is 0 Å². The second kappa shape index (κ2) is 7.22. The predicted octanol–water partition coefficient (Wildman–Crippen LogP) is 4.68. The molecule has 4 rings (SSSR count). The molecule has 0 fully saturated rings. The summed E-state index contributed by atoms with van der Waals surface area (Å²) >= 11 is 7.56. The van der Waals surface area contributed by atoms with Crippen LogP contribution in [0, 0.1) is 0 Å². The Bertz CT molecular complexity index is 1150. The minimum atomic E-state index is -0.441. The monoisotopic (exact) mass is 397 g/mol. The standard InChI is InChI=1S/C19H12ClN3O3S/c20-15-12-8-4-5-9-14(12)27-16(15)17(24)23-21-10-13-19(25)26-18(22-13)11-6-2-1-3-7-11/h1-10,25H,(H,23,24)/b21-10+. The topological polar surface area (TPSA) is 87.7 Å². The van der Waals surface area contributed by atoms with Crippen molar-refractivity contribution >= 4 is 45.1 Å². The third kappa shape index (κ3) is 3.42. The number of hydrazone groups is 1. The van der Waals surface area contributed by atoms with Crippen LogP contribution in [0.5, 0.6) is 5.95 Å². The van der Waals surface area contributed by atoms with Crippen molar-refractivity contribution in [3.8, 4) is 17.4 Å². The molecule has 0 saturated carbocycles. The van der Waals surface area contributed by atoms with Crippen molar-refractivity contribution in [1.82, 2.24) is 10.4 Å². The van der Waals surface area contributed by atoms with Crippen molar-refractivity contribution in [2.24, 2.45) is 5.10 Å². The van der Waals surface area contributed by atoms with E-state index in [2.05, 4.69) is 15.5 Å². The molecule has 2 N–H and O–H groups in total. The van der Waals surface area contributed by atoms with Crippen LogP contribution in [0.1, 0.15) is 15.4 Å². The first-order valence-electron chi connectivity index (χ1n) is 7.89.